The lowest BCUT2D eigenvalue weighted by molar-refractivity contribution is -0.364. The highest BCUT2D eigenvalue weighted by atomic mass is 16.5. The van der Waals surface area contributed by atoms with Gasteiger partial charge in [-0.3, -0.25) is 9.69 Å². The highest BCUT2D eigenvalue weighted by molar-refractivity contribution is 5.98. The average Bonchev–Trinajstić information content (AvgIpc) is 3.07. The predicted molar refractivity (Wildman–Crippen MR) is 80.4 cm³/mol. The third kappa shape index (κ3) is 3.53. The second-order valence-electron chi connectivity index (χ2n) is 5.83. The summed E-state index contributed by atoms with van der Waals surface area (Å²) in [5.41, 5.74) is 0.734. The zero-order valence-corrected chi connectivity index (χ0v) is 12.4. The Kier molecular flexibility index (Phi) is 4.70. The maximum Gasteiger partial charge on any atom is 0.287 e. The number of aromatic nitrogens is 1. The molecule has 0 unspecified atom stereocenters. The standard InChI is InChI=1S/C16H23N3O2/c20-16(18-12-13-6-5-11-21-13)14-7-4-8-17-15(14)19-9-2-1-3-10-19/h4,7-8,13H,1-3,5-6,9-12H2,(H,18,20)/p+1/t13-/m0/s1. The summed E-state index contributed by atoms with van der Waals surface area (Å²) in [6.45, 7) is 3.46. The number of H-pyrrole nitrogens is 1. The van der Waals surface area contributed by atoms with Crippen LogP contribution in [0, 0.1) is 0 Å². The van der Waals surface area contributed by atoms with Gasteiger partial charge in [0, 0.05) is 13.2 Å². The van der Waals surface area contributed by atoms with Crippen LogP contribution >= 0.6 is 0 Å². The zero-order chi connectivity index (χ0) is 14.5. The Balaban J connectivity index is 1.66. The zero-order valence-electron chi connectivity index (χ0n) is 12.4. The van der Waals surface area contributed by atoms with Crippen molar-refractivity contribution in [3.8, 4) is 0 Å². The van der Waals surface area contributed by atoms with Crippen molar-refractivity contribution in [3.63, 3.8) is 0 Å². The number of ether oxygens (including phenoxy) is 1. The van der Waals surface area contributed by atoms with E-state index in [0.29, 0.717) is 6.54 Å². The van der Waals surface area contributed by atoms with Gasteiger partial charge < -0.3 is 10.1 Å². The molecule has 5 nitrogen and oxygen atoms in total. The summed E-state index contributed by atoms with van der Waals surface area (Å²) in [6, 6.07) is 3.78. The van der Waals surface area contributed by atoms with E-state index >= 15 is 0 Å². The number of nitrogens with zero attached hydrogens (tertiary/aromatic N) is 1. The number of anilines is 1. The first kappa shape index (κ1) is 14.3. The smallest absolute Gasteiger partial charge is 0.287 e. The van der Waals surface area contributed by atoms with E-state index < -0.39 is 0 Å². The summed E-state index contributed by atoms with van der Waals surface area (Å²) in [7, 11) is 0. The number of hydrogen-bond acceptors (Lipinski definition) is 3. The molecular formula is C16H24N3O2+. The molecule has 21 heavy (non-hydrogen) atoms. The van der Waals surface area contributed by atoms with E-state index in [-0.39, 0.29) is 12.0 Å². The van der Waals surface area contributed by atoms with E-state index in [2.05, 4.69) is 15.2 Å². The second-order valence-corrected chi connectivity index (χ2v) is 5.83. The number of nitrogens with one attached hydrogen (secondary N) is 2. The van der Waals surface area contributed by atoms with E-state index in [1.165, 1.54) is 19.3 Å². The van der Waals surface area contributed by atoms with E-state index in [1.807, 2.05) is 18.3 Å². The molecule has 1 aromatic heterocycles. The molecule has 0 bridgehead atoms. The average molecular weight is 290 g/mol. The van der Waals surface area contributed by atoms with Crippen LogP contribution in [0.25, 0.3) is 0 Å². The number of carbonyl (C=O) groups excluding carboxylic acids is 1. The van der Waals surface area contributed by atoms with E-state index in [0.717, 1.165) is 43.9 Å². The van der Waals surface area contributed by atoms with Gasteiger partial charge in [0.05, 0.1) is 25.4 Å². The molecule has 114 valence electrons. The van der Waals surface area contributed by atoms with Crippen LogP contribution in [0.2, 0.25) is 0 Å². The molecule has 3 rings (SSSR count). The third-order valence-electron chi connectivity index (χ3n) is 4.27. The van der Waals surface area contributed by atoms with E-state index in [9.17, 15) is 4.79 Å². The number of hydrogen-bond donors (Lipinski definition) is 1. The summed E-state index contributed by atoms with van der Waals surface area (Å²) in [6.07, 6.45) is 7.88. The van der Waals surface area contributed by atoms with Gasteiger partial charge in [-0.05, 0) is 44.2 Å². The molecule has 2 fully saturated rings. The third-order valence-corrected chi connectivity index (χ3v) is 4.27. The normalized spacial score (nSPS) is 22.3. The molecule has 0 aromatic carbocycles. The summed E-state index contributed by atoms with van der Waals surface area (Å²) < 4.78 is 5.55. The van der Waals surface area contributed by atoms with Gasteiger partial charge in [0.1, 0.15) is 5.56 Å². The highest BCUT2D eigenvalue weighted by Crippen LogP contribution is 2.19. The second kappa shape index (κ2) is 6.89. The Bertz CT molecular complexity index is 480. The lowest BCUT2D eigenvalue weighted by Crippen LogP contribution is -2.38. The molecule has 2 aliphatic heterocycles. The number of piperidine rings is 1. The summed E-state index contributed by atoms with van der Waals surface area (Å²) in [5, 5.41) is 3.01. The Labute approximate surface area is 125 Å². The lowest BCUT2D eigenvalue weighted by Gasteiger charge is -2.22. The van der Waals surface area contributed by atoms with Crippen LogP contribution in [0.15, 0.2) is 18.3 Å². The van der Waals surface area contributed by atoms with Gasteiger partial charge in [-0.1, -0.05) is 0 Å². The van der Waals surface area contributed by atoms with Gasteiger partial charge in [-0.2, -0.15) is 0 Å². The predicted octanol–water partition coefficient (Wildman–Crippen LogP) is 1.40. The molecule has 0 saturated carbocycles. The topological polar surface area (TPSA) is 55.7 Å². The van der Waals surface area contributed by atoms with Crippen molar-refractivity contribution in [1.29, 1.82) is 0 Å². The van der Waals surface area contributed by atoms with Crippen LogP contribution in [-0.4, -0.2) is 38.3 Å². The van der Waals surface area contributed by atoms with Crippen molar-refractivity contribution in [2.24, 2.45) is 0 Å². The molecule has 3 heterocycles. The molecule has 1 aromatic rings. The number of amides is 1. The number of pyridine rings is 1. The molecule has 0 radical (unpaired) electrons. The molecule has 5 heteroatoms. The van der Waals surface area contributed by atoms with Crippen LogP contribution in [-0.2, 0) is 4.74 Å². The summed E-state index contributed by atoms with van der Waals surface area (Å²) in [4.78, 5) is 18.0. The van der Waals surface area contributed by atoms with Gasteiger partial charge in [0.2, 0.25) is 0 Å². The molecular weight excluding hydrogens is 266 g/mol. The van der Waals surface area contributed by atoms with Crippen LogP contribution in [0.3, 0.4) is 0 Å². The van der Waals surface area contributed by atoms with Crippen molar-refractivity contribution in [3.05, 3.63) is 23.9 Å². The maximum atomic E-state index is 12.5. The van der Waals surface area contributed by atoms with Crippen molar-refractivity contribution < 1.29 is 14.5 Å². The van der Waals surface area contributed by atoms with E-state index in [4.69, 9.17) is 4.74 Å². The molecule has 1 atom stereocenters. The van der Waals surface area contributed by atoms with Gasteiger partial charge in [-0.15, -0.1) is 0 Å². The van der Waals surface area contributed by atoms with E-state index in [1.54, 1.807) is 0 Å². The fourth-order valence-corrected chi connectivity index (χ4v) is 3.10. The first-order valence-electron chi connectivity index (χ1n) is 8.00. The molecule has 1 amide bonds. The van der Waals surface area contributed by atoms with Gasteiger partial charge in [-0.25, -0.2) is 4.98 Å². The summed E-state index contributed by atoms with van der Waals surface area (Å²) >= 11 is 0. The maximum absolute atomic E-state index is 12.5. The van der Waals surface area contributed by atoms with Crippen LogP contribution < -0.4 is 15.2 Å². The number of carbonyl (C=O) groups is 1. The van der Waals surface area contributed by atoms with Gasteiger partial charge in [0.15, 0.2) is 0 Å². The van der Waals surface area contributed by atoms with Gasteiger partial charge in [0.25, 0.3) is 11.7 Å². The fourth-order valence-electron chi connectivity index (χ4n) is 3.10. The Morgan fingerprint density at radius 3 is 2.95 bits per heavy atom. The molecule has 2 aliphatic rings. The van der Waals surface area contributed by atoms with Crippen molar-refractivity contribution in [1.82, 2.24) is 5.32 Å². The number of rotatable bonds is 4. The summed E-state index contributed by atoms with van der Waals surface area (Å²) in [5.74, 6) is 0.935. The largest absolute Gasteiger partial charge is 0.376 e. The molecule has 0 aliphatic carbocycles. The highest BCUT2D eigenvalue weighted by Gasteiger charge is 2.26. The first-order valence-corrected chi connectivity index (χ1v) is 8.00. The number of aromatic amines is 1. The minimum absolute atomic E-state index is 0.0112. The van der Waals surface area contributed by atoms with Crippen LogP contribution in [0.5, 0.6) is 0 Å². The minimum atomic E-state index is -0.0112. The first-order chi connectivity index (χ1) is 10.3. The van der Waals surface area contributed by atoms with Crippen molar-refractivity contribution >= 4 is 11.7 Å². The quantitative estimate of drug-likeness (QED) is 0.912. The molecule has 2 N–H and O–H groups in total. The Morgan fingerprint density at radius 2 is 2.19 bits per heavy atom. The van der Waals surface area contributed by atoms with Gasteiger partial charge >= 0.3 is 0 Å². The Morgan fingerprint density at radius 1 is 1.33 bits per heavy atom. The van der Waals surface area contributed by atoms with Crippen molar-refractivity contribution in [2.45, 2.75) is 38.2 Å². The lowest BCUT2D eigenvalue weighted by atomic mass is 10.1. The van der Waals surface area contributed by atoms with Crippen molar-refractivity contribution in [2.75, 3.05) is 31.1 Å². The van der Waals surface area contributed by atoms with Crippen LogP contribution in [0.4, 0.5) is 5.82 Å². The minimum Gasteiger partial charge on any atom is -0.376 e. The monoisotopic (exact) mass is 290 g/mol. The van der Waals surface area contributed by atoms with Crippen LogP contribution in [0.1, 0.15) is 42.5 Å². The SMILES string of the molecule is O=C(NC[C@@H]1CCCO1)c1ccc[nH+]c1N1CCCCC1. The molecule has 0 spiro atoms. The molecule has 2 saturated heterocycles. The Hall–Kier alpha value is -1.62. The fraction of sp³-hybridized carbons (Fsp3) is 0.625.